The van der Waals surface area contributed by atoms with Crippen LogP contribution in [0.3, 0.4) is 0 Å². The Bertz CT molecular complexity index is 446. The minimum Gasteiger partial charge on any atom is -0.356 e. The summed E-state index contributed by atoms with van der Waals surface area (Å²) in [5.41, 5.74) is 1.40. The molecule has 0 amide bonds. The molecule has 0 aliphatic carbocycles. The Morgan fingerprint density at radius 1 is 1.35 bits per heavy atom. The van der Waals surface area contributed by atoms with Gasteiger partial charge in [-0.3, -0.25) is 0 Å². The molecule has 2 rings (SSSR count). The summed E-state index contributed by atoms with van der Waals surface area (Å²) in [6, 6.07) is 2.19. The first-order valence-corrected chi connectivity index (χ1v) is 8.29. The van der Waals surface area contributed by atoms with Gasteiger partial charge in [-0.05, 0) is 61.5 Å². The number of piperidine rings is 1. The fourth-order valence-electron chi connectivity index (χ4n) is 2.47. The van der Waals surface area contributed by atoms with Gasteiger partial charge in [-0.2, -0.15) is 0 Å². The third-order valence-corrected chi connectivity index (χ3v) is 4.24. The van der Waals surface area contributed by atoms with Gasteiger partial charge in [0, 0.05) is 41.4 Å². The zero-order valence-electron chi connectivity index (χ0n) is 13.0. The van der Waals surface area contributed by atoms with Crippen molar-refractivity contribution >= 4 is 21.7 Å². The molecule has 4 heteroatoms. The normalized spacial score (nSPS) is 17.6. The van der Waals surface area contributed by atoms with E-state index in [1.165, 1.54) is 18.4 Å². The fraction of sp³-hybridized carbons (Fsp3) is 0.688. The van der Waals surface area contributed by atoms with Crippen LogP contribution in [0.25, 0.3) is 0 Å². The molecular formula is C16H26BrN3. The minimum absolute atomic E-state index is 0.121. The summed E-state index contributed by atoms with van der Waals surface area (Å²) in [5.74, 6) is 2.00. The van der Waals surface area contributed by atoms with Crippen LogP contribution in [0.15, 0.2) is 16.7 Å². The standard InChI is InChI=1S/C16H26BrN3/c1-12-5-7-20(8-6-12)15-13(9-14(17)11-18-15)10-19-16(2,3)4/h9,11-12,19H,5-8,10H2,1-4H3. The lowest BCUT2D eigenvalue weighted by Crippen LogP contribution is -2.37. The van der Waals surface area contributed by atoms with Gasteiger partial charge in [-0.15, -0.1) is 0 Å². The van der Waals surface area contributed by atoms with Crippen LogP contribution in [0, 0.1) is 5.92 Å². The van der Waals surface area contributed by atoms with Crippen molar-refractivity contribution in [2.24, 2.45) is 5.92 Å². The average molecular weight is 340 g/mol. The molecule has 20 heavy (non-hydrogen) atoms. The monoisotopic (exact) mass is 339 g/mol. The second-order valence-corrected chi connectivity index (χ2v) is 7.83. The van der Waals surface area contributed by atoms with E-state index >= 15 is 0 Å². The molecule has 0 unspecified atom stereocenters. The number of pyridine rings is 1. The predicted octanol–water partition coefficient (Wildman–Crippen LogP) is 3.97. The number of anilines is 1. The van der Waals surface area contributed by atoms with Crippen molar-refractivity contribution in [2.45, 2.75) is 52.6 Å². The molecule has 112 valence electrons. The van der Waals surface area contributed by atoms with Crippen LogP contribution >= 0.6 is 15.9 Å². The molecule has 2 heterocycles. The molecular weight excluding hydrogens is 314 g/mol. The van der Waals surface area contributed by atoms with E-state index in [1.54, 1.807) is 0 Å². The maximum atomic E-state index is 4.67. The van der Waals surface area contributed by atoms with E-state index < -0.39 is 0 Å². The Labute approximate surface area is 131 Å². The van der Waals surface area contributed by atoms with Crippen LogP contribution in [0.2, 0.25) is 0 Å². The number of rotatable bonds is 3. The molecule has 1 N–H and O–H groups in total. The lowest BCUT2D eigenvalue weighted by atomic mass is 9.99. The van der Waals surface area contributed by atoms with Crippen molar-refractivity contribution < 1.29 is 0 Å². The van der Waals surface area contributed by atoms with Crippen LogP contribution in [-0.2, 0) is 6.54 Å². The van der Waals surface area contributed by atoms with Gasteiger partial charge < -0.3 is 10.2 Å². The minimum atomic E-state index is 0.121. The maximum Gasteiger partial charge on any atom is 0.133 e. The quantitative estimate of drug-likeness (QED) is 0.902. The van der Waals surface area contributed by atoms with Crippen molar-refractivity contribution in [1.82, 2.24) is 10.3 Å². The molecule has 0 bridgehead atoms. The van der Waals surface area contributed by atoms with Gasteiger partial charge in [0.15, 0.2) is 0 Å². The zero-order chi connectivity index (χ0) is 14.8. The van der Waals surface area contributed by atoms with Crippen molar-refractivity contribution in [3.63, 3.8) is 0 Å². The number of halogens is 1. The number of hydrogen-bond acceptors (Lipinski definition) is 3. The van der Waals surface area contributed by atoms with Crippen molar-refractivity contribution in [1.29, 1.82) is 0 Å². The molecule has 0 aromatic carbocycles. The van der Waals surface area contributed by atoms with Gasteiger partial charge in [0.05, 0.1) is 0 Å². The lowest BCUT2D eigenvalue weighted by molar-refractivity contribution is 0.419. The molecule has 0 spiro atoms. The van der Waals surface area contributed by atoms with E-state index in [0.717, 1.165) is 35.8 Å². The lowest BCUT2D eigenvalue weighted by Gasteiger charge is -2.33. The second kappa shape index (κ2) is 6.44. The molecule has 1 fully saturated rings. The summed E-state index contributed by atoms with van der Waals surface area (Å²) < 4.78 is 1.05. The molecule has 1 saturated heterocycles. The predicted molar refractivity (Wildman–Crippen MR) is 89.1 cm³/mol. The molecule has 1 aromatic rings. The van der Waals surface area contributed by atoms with Crippen molar-refractivity contribution in [3.05, 3.63) is 22.3 Å². The first-order chi connectivity index (χ1) is 9.35. The summed E-state index contributed by atoms with van der Waals surface area (Å²) >= 11 is 3.54. The zero-order valence-corrected chi connectivity index (χ0v) is 14.6. The summed E-state index contributed by atoms with van der Waals surface area (Å²) in [4.78, 5) is 7.10. The molecule has 0 radical (unpaired) electrons. The first kappa shape index (κ1) is 15.8. The van der Waals surface area contributed by atoms with Crippen LogP contribution in [0.1, 0.15) is 46.1 Å². The Kier molecular flexibility index (Phi) is 5.08. The van der Waals surface area contributed by atoms with Crippen LogP contribution in [0.5, 0.6) is 0 Å². The number of aromatic nitrogens is 1. The van der Waals surface area contributed by atoms with Gasteiger partial charge in [0.1, 0.15) is 5.82 Å². The van der Waals surface area contributed by atoms with E-state index in [2.05, 4.69) is 64.9 Å². The summed E-state index contributed by atoms with van der Waals surface area (Å²) in [6.07, 6.45) is 4.45. The highest BCUT2D eigenvalue weighted by molar-refractivity contribution is 9.10. The van der Waals surface area contributed by atoms with E-state index in [4.69, 9.17) is 0 Å². The van der Waals surface area contributed by atoms with Crippen LogP contribution in [-0.4, -0.2) is 23.6 Å². The molecule has 1 aliphatic heterocycles. The smallest absolute Gasteiger partial charge is 0.133 e. The Morgan fingerprint density at radius 3 is 2.60 bits per heavy atom. The van der Waals surface area contributed by atoms with Gasteiger partial charge in [0.25, 0.3) is 0 Å². The Hall–Kier alpha value is -0.610. The van der Waals surface area contributed by atoms with E-state index in [0.29, 0.717) is 0 Å². The van der Waals surface area contributed by atoms with Gasteiger partial charge in [-0.25, -0.2) is 4.98 Å². The molecule has 1 aromatic heterocycles. The average Bonchev–Trinajstić information content (AvgIpc) is 2.37. The van der Waals surface area contributed by atoms with Gasteiger partial charge in [0.2, 0.25) is 0 Å². The largest absolute Gasteiger partial charge is 0.356 e. The number of hydrogen-bond donors (Lipinski definition) is 1. The highest BCUT2D eigenvalue weighted by Gasteiger charge is 2.20. The van der Waals surface area contributed by atoms with E-state index in [-0.39, 0.29) is 5.54 Å². The Balaban J connectivity index is 2.15. The molecule has 3 nitrogen and oxygen atoms in total. The molecule has 0 saturated carbocycles. The number of nitrogens with zero attached hydrogens (tertiary/aromatic N) is 2. The van der Waals surface area contributed by atoms with Crippen LogP contribution in [0.4, 0.5) is 5.82 Å². The summed E-state index contributed by atoms with van der Waals surface area (Å²) in [5, 5.41) is 3.57. The Morgan fingerprint density at radius 2 is 2.00 bits per heavy atom. The van der Waals surface area contributed by atoms with Crippen molar-refractivity contribution in [2.75, 3.05) is 18.0 Å². The molecule has 1 aliphatic rings. The van der Waals surface area contributed by atoms with Crippen LogP contribution < -0.4 is 10.2 Å². The fourth-order valence-corrected chi connectivity index (χ4v) is 2.85. The summed E-state index contributed by atoms with van der Waals surface area (Å²) in [7, 11) is 0. The van der Waals surface area contributed by atoms with Gasteiger partial charge in [-0.1, -0.05) is 6.92 Å². The van der Waals surface area contributed by atoms with E-state index in [1.807, 2.05) is 6.20 Å². The summed E-state index contributed by atoms with van der Waals surface area (Å²) in [6.45, 7) is 12.0. The second-order valence-electron chi connectivity index (χ2n) is 6.91. The highest BCUT2D eigenvalue weighted by atomic mass is 79.9. The topological polar surface area (TPSA) is 28.2 Å². The first-order valence-electron chi connectivity index (χ1n) is 7.49. The maximum absolute atomic E-state index is 4.67. The van der Waals surface area contributed by atoms with Crippen molar-refractivity contribution in [3.8, 4) is 0 Å². The van der Waals surface area contributed by atoms with E-state index in [9.17, 15) is 0 Å². The number of nitrogens with one attached hydrogen (secondary N) is 1. The SMILES string of the molecule is CC1CCN(c2ncc(Br)cc2CNC(C)(C)C)CC1. The highest BCUT2D eigenvalue weighted by Crippen LogP contribution is 2.26. The van der Waals surface area contributed by atoms with Gasteiger partial charge >= 0.3 is 0 Å². The third kappa shape index (κ3) is 4.45. The third-order valence-electron chi connectivity index (χ3n) is 3.80. The molecule has 0 atom stereocenters.